The number of urea groups is 1. The highest BCUT2D eigenvalue weighted by molar-refractivity contribution is 5.91. The van der Waals surface area contributed by atoms with Gasteiger partial charge in [-0.15, -0.1) is 0 Å². The second kappa shape index (κ2) is 7.71. The van der Waals surface area contributed by atoms with Gasteiger partial charge in [0.2, 0.25) is 5.91 Å². The van der Waals surface area contributed by atoms with Crippen molar-refractivity contribution < 1.29 is 19.1 Å². The van der Waals surface area contributed by atoms with Crippen LogP contribution in [0.1, 0.15) is 27.7 Å². The third kappa shape index (κ3) is 5.69. The zero-order valence-electron chi connectivity index (χ0n) is 14.2. The second-order valence-electron chi connectivity index (χ2n) is 6.08. The fraction of sp³-hybridized carbons (Fsp3) is 0.500. The maximum absolute atomic E-state index is 12.0. The lowest BCUT2D eigenvalue weighted by molar-refractivity contribution is -0.125. The third-order valence-corrected chi connectivity index (χ3v) is 3.16. The summed E-state index contributed by atoms with van der Waals surface area (Å²) < 4.78 is 10.8. The Balaban J connectivity index is 2.81. The number of rotatable bonds is 7. The molecular weight excluding hydrogens is 298 g/mol. The summed E-state index contributed by atoms with van der Waals surface area (Å²) >= 11 is 0. The van der Waals surface area contributed by atoms with Crippen molar-refractivity contribution in [3.63, 3.8) is 0 Å². The summed E-state index contributed by atoms with van der Waals surface area (Å²) in [6, 6.07) is 4.68. The van der Waals surface area contributed by atoms with E-state index in [2.05, 4.69) is 10.6 Å². The largest absolute Gasteiger partial charge is 0.497 e. The number of carbonyl (C=O) groups is 2. The van der Waals surface area contributed by atoms with Crippen molar-refractivity contribution >= 4 is 17.6 Å². The number of methoxy groups -OCH3 is 1. The van der Waals surface area contributed by atoms with Crippen molar-refractivity contribution in [1.82, 2.24) is 5.32 Å². The quantitative estimate of drug-likeness (QED) is 0.715. The monoisotopic (exact) mass is 323 g/mol. The second-order valence-corrected chi connectivity index (χ2v) is 6.08. The first-order valence-corrected chi connectivity index (χ1v) is 7.35. The van der Waals surface area contributed by atoms with Gasteiger partial charge in [0, 0.05) is 12.6 Å². The number of benzene rings is 1. The van der Waals surface area contributed by atoms with E-state index in [9.17, 15) is 9.59 Å². The molecule has 0 saturated carbocycles. The minimum atomic E-state index is -0.830. The number of hydrogen-bond acceptors (Lipinski definition) is 4. The minimum absolute atomic E-state index is 0.0409. The van der Waals surface area contributed by atoms with E-state index in [-0.39, 0.29) is 12.6 Å². The molecule has 0 radical (unpaired) electrons. The van der Waals surface area contributed by atoms with E-state index < -0.39 is 17.4 Å². The molecule has 1 rings (SSSR count). The molecule has 7 nitrogen and oxygen atoms in total. The molecule has 0 fully saturated rings. The van der Waals surface area contributed by atoms with Crippen LogP contribution in [-0.4, -0.2) is 31.7 Å². The molecule has 0 heterocycles. The molecule has 0 atom stereocenters. The van der Waals surface area contributed by atoms with Gasteiger partial charge in [-0.2, -0.15) is 0 Å². The van der Waals surface area contributed by atoms with Gasteiger partial charge >= 0.3 is 6.03 Å². The van der Waals surface area contributed by atoms with E-state index >= 15 is 0 Å². The summed E-state index contributed by atoms with van der Waals surface area (Å²) in [6.07, 6.45) is -0.0409. The number of carbonyl (C=O) groups excluding carboxylic acids is 2. The van der Waals surface area contributed by atoms with Crippen LogP contribution in [0, 0.1) is 5.41 Å². The fourth-order valence-electron chi connectivity index (χ4n) is 1.65. The van der Waals surface area contributed by atoms with Crippen LogP contribution >= 0.6 is 0 Å². The van der Waals surface area contributed by atoms with Crippen LogP contribution in [0.25, 0.3) is 0 Å². The summed E-state index contributed by atoms with van der Waals surface area (Å²) in [5.74, 6) is 0.641. The van der Waals surface area contributed by atoms with E-state index in [1.165, 1.54) is 7.11 Å². The fourth-order valence-corrected chi connectivity index (χ4v) is 1.65. The molecule has 3 amide bonds. The summed E-state index contributed by atoms with van der Waals surface area (Å²) in [5, 5.41) is 5.32. The number of anilines is 1. The maximum atomic E-state index is 12.0. The number of primary amides is 1. The highest BCUT2D eigenvalue weighted by Gasteiger charge is 2.25. The van der Waals surface area contributed by atoms with Gasteiger partial charge < -0.3 is 25.8 Å². The predicted octanol–water partition coefficient (Wildman–Crippen LogP) is 2.12. The van der Waals surface area contributed by atoms with Crippen molar-refractivity contribution in [3.05, 3.63) is 18.2 Å². The zero-order chi connectivity index (χ0) is 17.6. The van der Waals surface area contributed by atoms with E-state index in [1.807, 2.05) is 13.8 Å². The standard InChI is InChI=1S/C16H25N3O4/c1-10(2)23-13-7-6-11(22-5)8-12(13)19-15(21)18-9-16(3,4)14(17)20/h6-8,10H,9H2,1-5H3,(H2,17,20)(H2,18,19,21). The average molecular weight is 323 g/mol. The Morgan fingerprint density at radius 1 is 1.30 bits per heavy atom. The van der Waals surface area contributed by atoms with Gasteiger partial charge in [0.05, 0.1) is 24.3 Å². The van der Waals surface area contributed by atoms with Crippen molar-refractivity contribution in [2.24, 2.45) is 11.1 Å². The predicted molar refractivity (Wildman–Crippen MR) is 88.8 cm³/mol. The minimum Gasteiger partial charge on any atom is -0.497 e. The number of hydrogen-bond donors (Lipinski definition) is 3. The Morgan fingerprint density at radius 2 is 1.96 bits per heavy atom. The lowest BCUT2D eigenvalue weighted by atomic mass is 9.93. The molecule has 0 aliphatic rings. The summed E-state index contributed by atoms with van der Waals surface area (Å²) in [5.41, 5.74) is 4.93. The van der Waals surface area contributed by atoms with Crippen LogP contribution < -0.4 is 25.8 Å². The topological polar surface area (TPSA) is 103 Å². The molecule has 0 bridgehead atoms. The summed E-state index contributed by atoms with van der Waals surface area (Å²) in [4.78, 5) is 23.3. The first-order valence-electron chi connectivity index (χ1n) is 7.35. The van der Waals surface area contributed by atoms with Gasteiger partial charge in [-0.05, 0) is 39.8 Å². The Labute approximate surface area is 136 Å². The lowest BCUT2D eigenvalue weighted by Crippen LogP contribution is -2.43. The van der Waals surface area contributed by atoms with E-state index in [4.69, 9.17) is 15.2 Å². The van der Waals surface area contributed by atoms with Crippen LogP contribution in [0.15, 0.2) is 18.2 Å². The number of nitrogens with two attached hydrogens (primary N) is 1. The molecule has 0 saturated heterocycles. The Hall–Kier alpha value is -2.44. The van der Waals surface area contributed by atoms with Crippen molar-refractivity contribution in [1.29, 1.82) is 0 Å². The molecule has 4 N–H and O–H groups in total. The van der Waals surface area contributed by atoms with Crippen LogP contribution in [0.2, 0.25) is 0 Å². The molecule has 0 unspecified atom stereocenters. The van der Waals surface area contributed by atoms with Gasteiger partial charge in [-0.3, -0.25) is 4.79 Å². The van der Waals surface area contributed by atoms with Crippen LogP contribution in [0.4, 0.5) is 10.5 Å². The highest BCUT2D eigenvalue weighted by Crippen LogP contribution is 2.30. The molecule has 1 aromatic carbocycles. The van der Waals surface area contributed by atoms with Gasteiger partial charge in [0.15, 0.2) is 0 Å². The molecule has 7 heteroatoms. The molecule has 0 aliphatic carbocycles. The molecule has 128 valence electrons. The van der Waals surface area contributed by atoms with Crippen molar-refractivity contribution in [3.8, 4) is 11.5 Å². The smallest absolute Gasteiger partial charge is 0.319 e. The maximum Gasteiger partial charge on any atom is 0.319 e. The first kappa shape index (κ1) is 18.6. The molecule has 0 aromatic heterocycles. The van der Waals surface area contributed by atoms with Crippen LogP contribution in [0.5, 0.6) is 11.5 Å². The van der Waals surface area contributed by atoms with Gasteiger partial charge in [-0.25, -0.2) is 4.79 Å². The Morgan fingerprint density at radius 3 is 2.48 bits per heavy atom. The zero-order valence-corrected chi connectivity index (χ0v) is 14.2. The average Bonchev–Trinajstić information content (AvgIpc) is 2.46. The van der Waals surface area contributed by atoms with Crippen LogP contribution in [0.3, 0.4) is 0 Å². The van der Waals surface area contributed by atoms with Crippen molar-refractivity contribution in [2.45, 2.75) is 33.8 Å². The lowest BCUT2D eigenvalue weighted by Gasteiger charge is -2.21. The number of nitrogens with one attached hydrogen (secondary N) is 2. The normalized spacial score (nSPS) is 11.0. The Bertz CT molecular complexity index is 570. The third-order valence-electron chi connectivity index (χ3n) is 3.16. The van der Waals surface area contributed by atoms with Gasteiger partial charge in [-0.1, -0.05) is 0 Å². The SMILES string of the molecule is COc1ccc(OC(C)C)c(NC(=O)NCC(C)(C)C(N)=O)c1. The van der Waals surface area contributed by atoms with Gasteiger partial charge in [0.1, 0.15) is 11.5 Å². The van der Waals surface area contributed by atoms with E-state index in [0.717, 1.165) is 0 Å². The van der Waals surface area contributed by atoms with E-state index in [1.54, 1.807) is 32.0 Å². The Kier molecular flexibility index (Phi) is 6.24. The molecule has 0 aliphatic heterocycles. The first-order chi connectivity index (χ1) is 10.7. The molecule has 23 heavy (non-hydrogen) atoms. The van der Waals surface area contributed by atoms with Crippen molar-refractivity contribution in [2.75, 3.05) is 19.0 Å². The summed E-state index contributed by atoms with van der Waals surface area (Å²) in [7, 11) is 1.54. The molecule has 1 aromatic rings. The number of ether oxygens (including phenoxy) is 2. The molecular formula is C16H25N3O4. The van der Waals surface area contributed by atoms with Crippen LogP contribution in [-0.2, 0) is 4.79 Å². The highest BCUT2D eigenvalue weighted by atomic mass is 16.5. The van der Waals surface area contributed by atoms with Gasteiger partial charge in [0.25, 0.3) is 0 Å². The number of amides is 3. The molecule has 0 spiro atoms. The van der Waals surface area contributed by atoms with E-state index in [0.29, 0.717) is 17.2 Å². The summed E-state index contributed by atoms with van der Waals surface area (Å²) in [6.45, 7) is 7.23.